The van der Waals surface area contributed by atoms with E-state index in [4.69, 9.17) is 0 Å². The molecule has 29 heavy (non-hydrogen) atoms. The van der Waals surface area contributed by atoms with Crippen molar-refractivity contribution in [3.63, 3.8) is 0 Å². The van der Waals surface area contributed by atoms with Crippen molar-refractivity contribution in [3.8, 4) is 0 Å². The second kappa shape index (κ2) is 6.98. The van der Waals surface area contributed by atoms with Gasteiger partial charge >= 0.3 is 0 Å². The van der Waals surface area contributed by atoms with Crippen molar-refractivity contribution in [1.29, 1.82) is 0 Å². The van der Waals surface area contributed by atoms with E-state index < -0.39 is 0 Å². The van der Waals surface area contributed by atoms with Gasteiger partial charge in [0.25, 0.3) is 0 Å². The van der Waals surface area contributed by atoms with Crippen molar-refractivity contribution in [2.75, 3.05) is 6.61 Å². The Hall–Kier alpha value is -0.560. The number of rotatable bonds is 4. The second-order valence-corrected chi connectivity index (χ2v) is 12.5. The zero-order chi connectivity index (χ0) is 20.4. The van der Waals surface area contributed by atoms with E-state index in [-0.39, 0.29) is 0 Å². The van der Waals surface area contributed by atoms with E-state index in [0.29, 0.717) is 22.9 Å². The molecule has 0 unspecified atom stereocenters. The zero-order valence-electron chi connectivity index (χ0n) is 19.3. The summed E-state index contributed by atoms with van der Waals surface area (Å²) in [5.41, 5.74) is 4.60. The molecule has 1 heteroatoms. The van der Waals surface area contributed by atoms with Crippen LogP contribution in [0, 0.1) is 45.8 Å². The van der Waals surface area contributed by atoms with Crippen LogP contribution in [0.1, 0.15) is 97.8 Å². The van der Waals surface area contributed by atoms with Crippen LogP contribution < -0.4 is 0 Å². The third-order valence-electron chi connectivity index (χ3n) is 10.8. The van der Waals surface area contributed by atoms with Gasteiger partial charge in [-0.2, -0.15) is 0 Å². The molecule has 0 aromatic rings. The summed E-state index contributed by atoms with van der Waals surface area (Å²) in [5, 5.41) is 9.35. The van der Waals surface area contributed by atoms with Gasteiger partial charge in [0.1, 0.15) is 0 Å². The average Bonchev–Trinajstić information content (AvgIpc) is 3.10. The Bertz CT molecular complexity index is 695. The highest BCUT2D eigenvalue weighted by Crippen LogP contribution is 2.79. The summed E-state index contributed by atoms with van der Waals surface area (Å²) in [7, 11) is 0. The highest BCUT2D eigenvalue weighted by molar-refractivity contribution is 5.48. The van der Waals surface area contributed by atoms with Crippen molar-refractivity contribution < 1.29 is 5.11 Å². The topological polar surface area (TPSA) is 20.2 Å². The average molecular weight is 397 g/mol. The Labute approximate surface area is 179 Å². The van der Waals surface area contributed by atoms with E-state index in [1.165, 1.54) is 76.2 Å². The molecule has 5 rings (SSSR count). The summed E-state index contributed by atoms with van der Waals surface area (Å²) >= 11 is 0. The van der Waals surface area contributed by atoms with Gasteiger partial charge in [-0.1, -0.05) is 76.7 Å². The zero-order valence-corrected chi connectivity index (χ0v) is 19.3. The van der Waals surface area contributed by atoms with Gasteiger partial charge in [0.15, 0.2) is 0 Å². The van der Waals surface area contributed by atoms with Crippen LogP contribution in [0.15, 0.2) is 23.8 Å². The Morgan fingerprint density at radius 2 is 1.76 bits per heavy atom. The molecule has 1 N–H and O–H groups in total. The molecule has 0 heterocycles. The number of aliphatic hydroxyl groups is 1. The molecule has 0 saturated heterocycles. The molecule has 0 bridgehead atoms. The lowest BCUT2D eigenvalue weighted by atomic mass is 9.47. The summed E-state index contributed by atoms with van der Waals surface area (Å²) in [5.74, 6) is 4.24. The number of allylic oxidation sites excluding steroid dienone is 3. The third kappa shape index (κ3) is 2.89. The minimum absolute atomic E-state index is 0.364. The number of fused-ring (bicyclic) bond motifs is 4. The lowest BCUT2D eigenvalue weighted by molar-refractivity contribution is 0.0124. The van der Waals surface area contributed by atoms with Crippen LogP contribution >= 0.6 is 0 Å². The predicted molar refractivity (Wildman–Crippen MR) is 121 cm³/mol. The van der Waals surface area contributed by atoms with Gasteiger partial charge in [-0.05, 0) is 90.8 Å². The molecular formula is C28H44O. The summed E-state index contributed by atoms with van der Waals surface area (Å²) < 4.78 is 0. The van der Waals surface area contributed by atoms with Crippen LogP contribution in [0.3, 0.4) is 0 Å². The Morgan fingerprint density at radius 3 is 2.48 bits per heavy atom. The van der Waals surface area contributed by atoms with Gasteiger partial charge in [0.2, 0.25) is 0 Å². The van der Waals surface area contributed by atoms with Crippen molar-refractivity contribution in [2.45, 2.75) is 97.8 Å². The first-order valence-corrected chi connectivity index (χ1v) is 12.9. The standard InChI is InChI=1S/C28H44O/c1-19-17-23-27(4,25-24(19)26(25,2)3)22(21-10-6-5-7-11-21)13-15-28(23)14-12-20(18-28)9-8-16-29/h17,20-22,24-25,29H,1,5-16,18H2,2-4H3/t20-,22+,24+,25-,27+,28-/m0/s1. The molecule has 162 valence electrons. The van der Waals surface area contributed by atoms with Crippen molar-refractivity contribution in [3.05, 3.63) is 23.8 Å². The minimum atomic E-state index is 0.364. The summed E-state index contributed by atoms with van der Waals surface area (Å²) in [4.78, 5) is 0. The SMILES string of the molecule is C=C1C=C2[C@@]3(CC[C@H](CCCO)C3)CC[C@H](C3CCCCC3)[C@@]2(C)[C@H]2[C@@H]1C2(C)C. The van der Waals surface area contributed by atoms with Crippen LogP contribution in [-0.4, -0.2) is 11.7 Å². The largest absolute Gasteiger partial charge is 0.396 e. The lowest BCUT2D eigenvalue weighted by Crippen LogP contribution is -2.49. The van der Waals surface area contributed by atoms with Crippen LogP contribution in [-0.2, 0) is 0 Å². The monoisotopic (exact) mass is 396 g/mol. The van der Waals surface area contributed by atoms with Gasteiger partial charge in [-0.25, -0.2) is 0 Å². The Morgan fingerprint density at radius 1 is 1.03 bits per heavy atom. The number of hydrogen-bond donors (Lipinski definition) is 1. The van der Waals surface area contributed by atoms with Gasteiger partial charge in [-0.15, -0.1) is 0 Å². The van der Waals surface area contributed by atoms with E-state index in [2.05, 4.69) is 33.4 Å². The van der Waals surface area contributed by atoms with Crippen LogP contribution in [0.5, 0.6) is 0 Å². The quantitative estimate of drug-likeness (QED) is 0.528. The Kier molecular flexibility index (Phi) is 4.89. The van der Waals surface area contributed by atoms with E-state index in [0.717, 1.165) is 36.0 Å². The minimum Gasteiger partial charge on any atom is -0.396 e. The molecule has 0 radical (unpaired) electrons. The molecule has 0 aromatic heterocycles. The maximum atomic E-state index is 9.35. The normalized spacial score (nSPS) is 46.3. The van der Waals surface area contributed by atoms with Gasteiger partial charge in [0.05, 0.1) is 0 Å². The predicted octanol–water partition coefficient (Wildman–Crippen LogP) is 7.31. The molecule has 0 amide bonds. The first-order valence-electron chi connectivity index (χ1n) is 12.9. The molecule has 5 aliphatic carbocycles. The molecule has 1 nitrogen and oxygen atoms in total. The van der Waals surface area contributed by atoms with Crippen LogP contribution in [0.2, 0.25) is 0 Å². The molecule has 0 aromatic carbocycles. The van der Waals surface area contributed by atoms with Crippen LogP contribution in [0.4, 0.5) is 0 Å². The van der Waals surface area contributed by atoms with E-state index in [1.54, 1.807) is 0 Å². The van der Waals surface area contributed by atoms with Crippen molar-refractivity contribution in [1.82, 2.24) is 0 Å². The third-order valence-corrected chi connectivity index (χ3v) is 10.8. The summed E-state index contributed by atoms with van der Waals surface area (Å²) in [6, 6.07) is 0. The fourth-order valence-corrected chi connectivity index (χ4v) is 9.67. The van der Waals surface area contributed by atoms with Gasteiger partial charge in [0, 0.05) is 6.61 Å². The molecule has 0 aliphatic heterocycles. The fourth-order valence-electron chi connectivity index (χ4n) is 9.67. The summed E-state index contributed by atoms with van der Waals surface area (Å²) in [6.45, 7) is 12.8. The van der Waals surface area contributed by atoms with Gasteiger partial charge < -0.3 is 5.11 Å². The highest BCUT2D eigenvalue weighted by Gasteiger charge is 2.72. The van der Waals surface area contributed by atoms with E-state index in [9.17, 15) is 5.11 Å². The first-order chi connectivity index (χ1) is 13.8. The molecule has 4 saturated carbocycles. The fraction of sp³-hybridized carbons (Fsp3) is 0.857. The molecular weight excluding hydrogens is 352 g/mol. The molecule has 6 atom stereocenters. The van der Waals surface area contributed by atoms with Crippen molar-refractivity contribution >= 4 is 0 Å². The lowest BCUT2D eigenvalue weighted by Gasteiger charge is -2.57. The number of hydrogen-bond acceptors (Lipinski definition) is 1. The highest BCUT2D eigenvalue weighted by atomic mass is 16.2. The molecule has 5 aliphatic rings. The number of aliphatic hydroxyl groups excluding tert-OH is 1. The second-order valence-electron chi connectivity index (χ2n) is 12.5. The Balaban J connectivity index is 1.51. The van der Waals surface area contributed by atoms with Crippen molar-refractivity contribution in [2.24, 2.45) is 45.8 Å². The van der Waals surface area contributed by atoms with E-state index in [1.807, 2.05) is 5.57 Å². The maximum Gasteiger partial charge on any atom is 0.0431 e. The molecule has 1 spiro atoms. The smallest absolute Gasteiger partial charge is 0.0431 e. The van der Waals surface area contributed by atoms with E-state index >= 15 is 0 Å². The van der Waals surface area contributed by atoms with Gasteiger partial charge in [-0.3, -0.25) is 0 Å². The maximum absolute atomic E-state index is 9.35. The summed E-state index contributed by atoms with van der Waals surface area (Å²) in [6.07, 6.45) is 19.3. The first kappa shape index (κ1) is 20.3. The molecule has 4 fully saturated rings. The van der Waals surface area contributed by atoms with Crippen LogP contribution in [0.25, 0.3) is 0 Å².